The number of carboxylic acid groups (broad SMARTS) is 2. The highest BCUT2D eigenvalue weighted by Gasteiger charge is 2.37. The summed E-state index contributed by atoms with van der Waals surface area (Å²) in [4.78, 5) is 21.9. The van der Waals surface area contributed by atoms with Crippen LogP contribution in [0.1, 0.15) is 19.8 Å². The zero-order chi connectivity index (χ0) is 16.9. The summed E-state index contributed by atoms with van der Waals surface area (Å²) in [5.74, 6) is -2.38. The molecular formula is C14H30O5Si2. The van der Waals surface area contributed by atoms with E-state index in [1.54, 1.807) is 0 Å². The van der Waals surface area contributed by atoms with Crippen molar-refractivity contribution in [2.24, 2.45) is 0 Å². The normalized spacial score (nSPS) is 15.5. The highest BCUT2D eigenvalue weighted by molar-refractivity contribution is 6.94. The Morgan fingerprint density at radius 3 is 2.00 bits per heavy atom. The molecule has 0 fully saturated rings. The van der Waals surface area contributed by atoms with Crippen LogP contribution < -0.4 is 0 Å². The molecule has 0 saturated heterocycles. The Hall–Kier alpha value is -0.666. The largest absolute Gasteiger partial charge is 0.481 e. The van der Waals surface area contributed by atoms with Crippen LogP contribution in [0.25, 0.3) is 0 Å². The van der Waals surface area contributed by atoms with Crippen molar-refractivity contribution in [1.82, 2.24) is 0 Å². The van der Waals surface area contributed by atoms with E-state index in [-0.39, 0.29) is 0 Å². The van der Waals surface area contributed by atoms with E-state index in [1.807, 2.05) is 0 Å². The molecule has 0 aliphatic carbocycles. The van der Waals surface area contributed by atoms with Gasteiger partial charge in [-0.15, -0.1) is 0 Å². The third-order valence-electron chi connectivity index (χ3n) is 3.37. The Bertz CT molecular complexity index is 376. The molecule has 0 aliphatic heterocycles. The lowest BCUT2D eigenvalue weighted by atomic mass is 10.0. The minimum Gasteiger partial charge on any atom is -0.481 e. The lowest BCUT2D eigenvalue weighted by Crippen LogP contribution is -2.41. The molecule has 0 aromatic rings. The number of carbonyl (C=O) groups is 2. The van der Waals surface area contributed by atoms with Crippen LogP contribution in [0.4, 0.5) is 0 Å². The molecule has 0 aliphatic rings. The fourth-order valence-electron chi connectivity index (χ4n) is 2.85. The van der Waals surface area contributed by atoms with Crippen LogP contribution in [0.15, 0.2) is 0 Å². The third kappa shape index (κ3) is 9.05. The third-order valence-corrected chi connectivity index (χ3v) is 13.1. The molecule has 5 nitrogen and oxygen atoms in total. The van der Waals surface area contributed by atoms with Gasteiger partial charge in [-0.2, -0.15) is 0 Å². The lowest BCUT2D eigenvalue weighted by molar-refractivity contribution is -0.170. The minimum atomic E-state index is -1.63. The van der Waals surface area contributed by atoms with Gasteiger partial charge in [0.25, 0.3) is 0 Å². The SMILES string of the molecule is CC(CC(=O)O)(OCCC[Si](C)(C)C[Si](C)(C)C)C(=O)O. The van der Waals surface area contributed by atoms with Crippen LogP contribution in [0.3, 0.4) is 0 Å². The second kappa shape index (κ2) is 7.55. The molecule has 0 amide bonds. The molecule has 21 heavy (non-hydrogen) atoms. The summed E-state index contributed by atoms with van der Waals surface area (Å²) in [5, 5.41) is 17.9. The summed E-state index contributed by atoms with van der Waals surface area (Å²) < 4.78 is 5.38. The maximum absolute atomic E-state index is 11.2. The first-order valence-electron chi connectivity index (χ1n) is 7.37. The first kappa shape index (κ1) is 20.3. The van der Waals surface area contributed by atoms with Crippen molar-refractivity contribution in [3.63, 3.8) is 0 Å². The fourth-order valence-corrected chi connectivity index (χ4v) is 16.1. The van der Waals surface area contributed by atoms with Gasteiger partial charge in [-0.05, 0) is 13.3 Å². The van der Waals surface area contributed by atoms with Gasteiger partial charge in [-0.25, -0.2) is 4.79 Å². The Morgan fingerprint density at radius 1 is 1.10 bits per heavy atom. The molecule has 1 atom stereocenters. The van der Waals surface area contributed by atoms with Crippen molar-refractivity contribution in [2.45, 2.75) is 69.8 Å². The average Bonchev–Trinajstić information content (AvgIpc) is 2.19. The molecule has 1 unspecified atom stereocenters. The average molecular weight is 335 g/mol. The number of rotatable bonds is 10. The van der Waals surface area contributed by atoms with Crippen LogP contribution in [0.5, 0.6) is 0 Å². The van der Waals surface area contributed by atoms with Gasteiger partial charge in [0.15, 0.2) is 5.60 Å². The Morgan fingerprint density at radius 2 is 1.62 bits per heavy atom. The molecule has 124 valence electrons. The van der Waals surface area contributed by atoms with Gasteiger partial charge in [0.05, 0.1) is 6.42 Å². The number of ether oxygens (including phenoxy) is 1. The summed E-state index contributed by atoms with van der Waals surface area (Å²) in [6.45, 7) is 13.5. The smallest absolute Gasteiger partial charge is 0.336 e. The summed E-state index contributed by atoms with van der Waals surface area (Å²) in [5.41, 5.74) is -0.290. The van der Waals surface area contributed by atoms with E-state index < -0.39 is 40.1 Å². The first-order valence-corrected chi connectivity index (χ1v) is 14.5. The van der Waals surface area contributed by atoms with Crippen LogP contribution in [-0.2, 0) is 14.3 Å². The molecule has 0 heterocycles. The maximum Gasteiger partial charge on any atom is 0.336 e. The van der Waals surface area contributed by atoms with Crippen molar-refractivity contribution in [3.05, 3.63) is 0 Å². The quantitative estimate of drug-likeness (QED) is 0.473. The highest BCUT2D eigenvalue weighted by Crippen LogP contribution is 2.25. The number of hydrogen-bond acceptors (Lipinski definition) is 3. The predicted octanol–water partition coefficient (Wildman–Crippen LogP) is 3.30. The summed E-state index contributed by atoms with van der Waals surface area (Å²) in [7, 11) is -2.36. The van der Waals surface area contributed by atoms with Crippen LogP contribution >= 0.6 is 0 Å². The summed E-state index contributed by atoms with van der Waals surface area (Å²) >= 11 is 0. The summed E-state index contributed by atoms with van der Waals surface area (Å²) in [6, 6.07) is 1.08. The van der Waals surface area contributed by atoms with Crippen molar-refractivity contribution >= 4 is 28.1 Å². The van der Waals surface area contributed by atoms with Crippen LogP contribution in [0, 0.1) is 0 Å². The first-order chi connectivity index (χ1) is 9.27. The second-order valence-electron chi connectivity index (χ2n) is 7.96. The lowest BCUT2D eigenvalue weighted by Gasteiger charge is -2.30. The monoisotopic (exact) mass is 334 g/mol. The van der Waals surface area contributed by atoms with Crippen molar-refractivity contribution in [3.8, 4) is 0 Å². The van der Waals surface area contributed by atoms with Gasteiger partial charge < -0.3 is 14.9 Å². The Labute approximate surface area is 129 Å². The van der Waals surface area contributed by atoms with E-state index in [1.165, 1.54) is 12.6 Å². The van der Waals surface area contributed by atoms with Gasteiger partial charge >= 0.3 is 11.9 Å². The van der Waals surface area contributed by atoms with Gasteiger partial charge in [0.1, 0.15) is 0 Å². The topological polar surface area (TPSA) is 83.8 Å². The fraction of sp³-hybridized carbons (Fsp3) is 0.857. The van der Waals surface area contributed by atoms with Gasteiger partial charge in [0.2, 0.25) is 0 Å². The van der Waals surface area contributed by atoms with Crippen molar-refractivity contribution < 1.29 is 24.5 Å². The van der Waals surface area contributed by atoms with E-state index in [9.17, 15) is 9.59 Å². The van der Waals surface area contributed by atoms with E-state index in [2.05, 4.69) is 32.7 Å². The molecule has 0 spiro atoms. The van der Waals surface area contributed by atoms with Crippen LogP contribution in [0.2, 0.25) is 44.4 Å². The minimum absolute atomic E-state index is 0.304. The molecule has 0 aromatic heterocycles. The number of hydrogen-bond donors (Lipinski definition) is 2. The van der Waals surface area contributed by atoms with Crippen molar-refractivity contribution in [2.75, 3.05) is 6.61 Å². The summed E-state index contributed by atoms with van der Waals surface area (Å²) in [6.07, 6.45) is 0.282. The Kier molecular flexibility index (Phi) is 7.31. The second-order valence-corrected chi connectivity index (χ2v) is 19.3. The van der Waals surface area contributed by atoms with E-state index >= 15 is 0 Å². The zero-order valence-electron chi connectivity index (χ0n) is 14.2. The molecule has 0 radical (unpaired) electrons. The molecule has 7 heteroatoms. The highest BCUT2D eigenvalue weighted by atomic mass is 28.4. The van der Waals surface area contributed by atoms with E-state index in [4.69, 9.17) is 14.9 Å². The molecule has 0 saturated carbocycles. The van der Waals surface area contributed by atoms with E-state index in [0.29, 0.717) is 6.61 Å². The van der Waals surface area contributed by atoms with Gasteiger partial charge in [0, 0.05) is 22.8 Å². The van der Waals surface area contributed by atoms with Crippen LogP contribution in [-0.4, -0.2) is 50.5 Å². The Balaban J connectivity index is 4.35. The number of carboxylic acids is 2. The molecule has 0 rings (SSSR count). The molecule has 0 aromatic carbocycles. The van der Waals surface area contributed by atoms with Gasteiger partial charge in [-0.1, -0.05) is 44.4 Å². The van der Waals surface area contributed by atoms with E-state index in [0.717, 1.165) is 12.5 Å². The molecule has 0 bridgehead atoms. The van der Waals surface area contributed by atoms with Gasteiger partial charge in [-0.3, -0.25) is 4.79 Å². The van der Waals surface area contributed by atoms with Crippen molar-refractivity contribution in [1.29, 1.82) is 0 Å². The maximum atomic E-state index is 11.2. The molecule has 2 N–H and O–H groups in total. The number of aliphatic carboxylic acids is 2. The zero-order valence-corrected chi connectivity index (χ0v) is 16.2. The predicted molar refractivity (Wildman–Crippen MR) is 89.3 cm³/mol. The standard InChI is InChI=1S/C14H30O5Si2/c1-14(13(17)18,10-12(15)16)19-8-7-9-21(5,6)11-20(2,3)4/h7-11H2,1-6H3,(H,15,16)(H,17,18). The molecular weight excluding hydrogens is 304 g/mol.